The van der Waals surface area contributed by atoms with Crippen molar-refractivity contribution in [1.29, 1.82) is 5.41 Å². The van der Waals surface area contributed by atoms with Gasteiger partial charge in [-0.1, -0.05) is 0 Å². The smallest absolute Gasteiger partial charge is 0.237 e. The fourth-order valence-corrected chi connectivity index (χ4v) is 1.49. The summed E-state index contributed by atoms with van der Waals surface area (Å²) in [4.78, 5) is 0. The summed E-state index contributed by atoms with van der Waals surface area (Å²) in [6.45, 7) is 0. The van der Waals surface area contributed by atoms with Gasteiger partial charge in [-0.15, -0.1) is 5.10 Å². The van der Waals surface area contributed by atoms with Crippen LogP contribution in [-0.2, 0) is 0 Å². The number of amidine groups is 1. The Morgan fingerprint density at radius 3 is 2.33 bits per heavy atom. The number of nitrogens with two attached hydrogens (primary N) is 5. The number of alkyl halides is 1. The van der Waals surface area contributed by atoms with Crippen LogP contribution in [-0.4, -0.2) is 27.0 Å². The van der Waals surface area contributed by atoms with Gasteiger partial charge in [0.25, 0.3) is 0 Å². The fraction of sp³-hybridized carbons (Fsp3) is 0.286. The first-order chi connectivity index (χ1) is 8.29. The van der Waals surface area contributed by atoms with Crippen LogP contribution in [0.4, 0.5) is 21.7 Å². The number of aromatic nitrogens is 2. The minimum atomic E-state index is -2.05. The first-order valence-electron chi connectivity index (χ1n) is 4.80. The highest BCUT2D eigenvalue weighted by Crippen LogP contribution is 2.31. The number of nitrogens with zero attached hydrogens (tertiary/aromatic N) is 3. The Labute approximate surface area is 100 Å². The molecule has 0 fully saturated rings. The van der Waals surface area contributed by atoms with Gasteiger partial charge in [0.1, 0.15) is 11.4 Å². The van der Waals surface area contributed by atoms with Crippen LogP contribution in [0.1, 0.15) is 6.30 Å². The number of nitrogen functional groups attached to an aromatic ring is 3. The standard InChI is InChI=1S/C7H13FN10/c8-6(7(14)2(10)4(12)15-17-7)18-5(13)1(9)3(11)16-18/h6,10,17H,9,13-14H2,(H2,11,16)(H2,12,15). The summed E-state index contributed by atoms with van der Waals surface area (Å²) in [6.07, 6.45) is -2.05. The molecular weight excluding hydrogens is 243 g/mol. The first kappa shape index (κ1) is 11.9. The van der Waals surface area contributed by atoms with Crippen molar-refractivity contribution in [3.63, 3.8) is 0 Å². The molecule has 1 aliphatic heterocycles. The normalized spacial score (nSPS) is 24.8. The molecule has 0 bridgehead atoms. The highest BCUT2D eigenvalue weighted by Gasteiger charge is 2.47. The van der Waals surface area contributed by atoms with Crippen LogP contribution in [0, 0.1) is 5.41 Å². The lowest BCUT2D eigenvalue weighted by Crippen LogP contribution is -2.60. The summed E-state index contributed by atoms with van der Waals surface area (Å²) in [5.74, 6) is -0.533. The number of hydrazone groups is 1. The SMILES string of the molecule is N=C1C(N)=NNC1(N)C(F)n1nc(N)c(N)c1N. The lowest BCUT2D eigenvalue weighted by molar-refractivity contribution is 0.131. The maximum atomic E-state index is 14.4. The molecule has 0 aliphatic carbocycles. The number of nitrogens with one attached hydrogen (secondary N) is 2. The number of anilines is 3. The molecule has 18 heavy (non-hydrogen) atoms. The highest BCUT2D eigenvalue weighted by molar-refractivity contribution is 6.44. The molecule has 12 N–H and O–H groups in total. The van der Waals surface area contributed by atoms with Crippen molar-refractivity contribution in [2.24, 2.45) is 16.6 Å². The van der Waals surface area contributed by atoms with Crippen LogP contribution < -0.4 is 34.1 Å². The minimum Gasteiger partial charge on any atom is -0.393 e. The third-order valence-corrected chi connectivity index (χ3v) is 2.64. The van der Waals surface area contributed by atoms with Gasteiger partial charge < -0.3 is 22.9 Å². The second-order valence-electron chi connectivity index (χ2n) is 3.82. The first-order valence-corrected chi connectivity index (χ1v) is 4.80. The summed E-state index contributed by atoms with van der Waals surface area (Å²) in [7, 11) is 0. The van der Waals surface area contributed by atoms with Gasteiger partial charge in [-0.3, -0.25) is 16.6 Å². The quantitative estimate of drug-likeness (QED) is 0.307. The molecule has 1 aromatic heterocycles. The van der Waals surface area contributed by atoms with Crippen molar-refractivity contribution in [1.82, 2.24) is 15.2 Å². The van der Waals surface area contributed by atoms with Crippen molar-refractivity contribution in [3.8, 4) is 0 Å². The molecule has 2 rings (SSSR count). The fourth-order valence-electron chi connectivity index (χ4n) is 1.49. The molecular formula is C7H13FN10. The largest absolute Gasteiger partial charge is 0.393 e. The van der Waals surface area contributed by atoms with E-state index in [4.69, 9.17) is 34.1 Å². The Bertz CT molecular complexity index is 547. The van der Waals surface area contributed by atoms with Crippen molar-refractivity contribution in [3.05, 3.63) is 0 Å². The maximum absolute atomic E-state index is 14.4. The zero-order chi connectivity index (χ0) is 13.7. The Kier molecular flexibility index (Phi) is 2.29. The lowest BCUT2D eigenvalue weighted by atomic mass is 10.1. The Morgan fingerprint density at radius 2 is 1.94 bits per heavy atom. The number of halogens is 1. The van der Waals surface area contributed by atoms with Crippen molar-refractivity contribution in [2.75, 3.05) is 17.2 Å². The van der Waals surface area contributed by atoms with Gasteiger partial charge in [0.15, 0.2) is 17.5 Å². The molecule has 0 saturated carbocycles. The molecule has 2 heterocycles. The molecule has 10 nitrogen and oxygen atoms in total. The zero-order valence-electron chi connectivity index (χ0n) is 9.18. The van der Waals surface area contributed by atoms with Gasteiger partial charge >= 0.3 is 0 Å². The maximum Gasteiger partial charge on any atom is 0.237 e. The van der Waals surface area contributed by atoms with Crippen molar-refractivity contribution in [2.45, 2.75) is 12.0 Å². The second kappa shape index (κ2) is 3.46. The molecule has 2 unspecified atom stereocenters. The van der Waals surface area contributed by atoms with Gasteiger partial charge in [-0.05, 0) is 0 Å². The summed E-state index contributed by atoms with van der Waals surface area (Å²) in [5, 5.41) is 14.7. The van der Waals surface area contributed by atoms with E-state index in [9.17, 15) is 4.39 Å². The Balaban J connectivity index is 2.41. The molecule has 0 aromatic carbocycles. The van der Waals surface area contributed by atoms with E-state index in [0.29, 0.717) is 4.68 Å². The van der Waals surface area contributed by atoms with E-state index in [1.54, 1.807) is 0 Å². The lowest BCUT2D eigenvalue weighted by Gasteiger charge is -2.27. The van der Waals surface area contributed by atoms with Crippen molar-refractivity contribution < 1.29 is 4.39 Å². The predicted octanol–water partition coefficient (Wildman–Crippen LogP) is -2.35. The summed E-state index contributed by atoms with van der Waals surface area (Å²) in [5.41, 5.74) is 27.3. The summed E-state index contributed by atoms with van der Waals surface area (Å²) < 4.78 is 15.0. The van der Waals surface area contributed by atoms with Crippen LogP contribution in [0.25, 0.3) is 0 Å². The zero-order valence-corrected chi connectivity index (χ0v) is 9.18. The third kappa shape index (κ3) is 1.34. The van der Waals surface area contributed by atoms with E-state index in [1.807, 2.05) is 0 Å². The van der Waals surface area contributed by atoms with Crippen LogP contribution >= 0.6 is 0 Å². The molecule has 0 spiro atoms. The average Bonchev–Trinajstić information content (AvgIpc) is 2.75. The number of rotatable bonds is 2. The summed E-state index contributed by atoms with van der Waals surface area (Å²) >= 11 is 0. The third-order valence-electron chi connectivity index (χ3n) is 2.64. The van der Waals surface area contributed by atoms with Crippen LogP contribution in [0.15, 0.2) is 5.10 Å². The predicted molar refractivity (Wildman–Crippen MR) is 65.0 cm³/mol. The Morgan fingerprint density at radius 1 is 1.33 bits per heavy atom. The monoisotopic (exact) mass is 256 g/mol. The number of hydrogen-bond donors (Lipinski definition) is 7. The molecule has 1 aromatic rings. The van der Waals surface area contributed by atoms with Gasteiger partial charge in [-0.25, -0.2) is 9.07 Å². The van der Waals surface area contributed by atoms with Gasteiger partial charge in [0, 0.05) is 0 Å². The van der Waals surface area contributed by atoms with E-state index in [-0.39, 0.29) is 23.2 Å². The van der Waals surface area contributed by atoms with Crippen LogP contribution in [0.5, 0.6) is 0 Å². The number of hydrogen-bond acceptors (Lipinski definition) is 9. The van der Waals surface area contributed by atoms with Gasteiger partial charge in [0.2, 0.25) is 12.0 Å². The average molecular weight is 256 g/mol. The minimum absolute atomic E-state index is 0.0559. The van der Waals surface area contributed by atoms with Gasteiger partial charge in [-0.2, -0.15) is 5.10 Å². The highest BCUT2D eigenvalue weighted by atomic mass is 19.1. The topological polar surface area (TPSA) is 196 Å². The molecule has 1 aliphatic rings. The van der Waals surface area contributed by atoms with E-state index in [2.05, 4.69) is 15.6 Å². The van der Waals surface area contributed by atoms with E-state index >= 15 is 0 Å². The molecule has 2 atom stereocenters. The molecule has 0 saturated heterocycles. The molecule has 0 radical (unpaired) electrons. The van der Waals surface area contributed by atoms with E-state index in [1.165, 1.54) is 0 Å². The van der Waals surface area contributed by atoms with Gasteiger partial charge in [0.05, 0.1) is 0 Å². The second-order valence-corrected chi connectivity index (χ2v) is 3.82. The molecule has 0 amide bonds. The Hall–Kier alpha value is -2.56. The van der Waals surface area contributed by atoms with Crippen LogP contribution in [0.2, 0.25) is 0 Å². The molecule has 11 heteroatoms. The molecule has 98 valence electrons. The summed E-state index contributed by atoms with van der Waals surface area (Å²) in [6, 6.07) is 0. The van der Waals surface area contributed by atoms with E-state index < -0.39 is 17.7 Å². The van der Waals surface area contributed by atoms with Crippen molar-refractivity contribution >= 4 is 28.9 Å². The van der Waals surface area contributed by atoms with E-state index in [0.717, 1.165) is 0 Å². The van der Waals surface area contributed by atoms with Crippen LogP contribution in [0.3, 0.4) is 0 Å².